The number of carbonyl (C=O) groups is 2. The maximum atomic E-state index is 12.3. The number of esters is 1. The van der Waals surface area contributed by atoms with Gasteiger partial charge in [0.25, 0.3) is 5.89 Å². The molecule has 0 saturated heterocycles. The van der Waals surface area contributed by atoms with Crippen LogP contribution in [0.1, 0.15) is 29.1 Å². The molecule has 4 rings (SSSR count). The average Bonchev–Trinajstić information content (AvgIpc) is 3.41. The van der Waals surface area contributed by atoms with Crippen LogP contribution < -0.4 is 9.47 Å². The molecule has 0 spiro atoms. The highest BCUT2D eigenvalue weighted by Gasteiger charge is 2.17. The van der Waals surface area contributed by atoms with Gasteiger partial charge in [0.2, 0.25) is 5.82 Å². The van der Waals surface area contributed by atoms with Crippen molar-refractivity contribution in [2.75, 3.05) is 13.2 Å². The van der Waals surface area contributed by atoms with Gasteiger partial charge in [0.15, 0.2) is 23.9 Å². The lowest BCUT2D eigenvalue weighted by atomic mass is 10.1. The number of hydrogen-bond donors (Lipinski definition) is 0. The van der Waals surface area contributed by atoms with Gasteiger partial charge in [-0.25, -0.2) is 0 Å². The molecule has 2 aromatic heterocycles. The summed E-state index contributed by atoms with van der Waals surface area (Å²) in [7, 11) is 0. The molecule has 3 aromatic rings. The number of rotatable bonds is 7. The van der Waals surface area contributed by atoms with E-state index in [0.717, 1.165) is 5.56 Å². The lowest BCUT2D eigenvalue weighted by molar-refractivity contribution is -0.145. The Hall–Kier alpha value is -3.20. The summed E-state index contributed by atoms with van der Waals surface area (Å²) in [6.45, 7) is 0.801. The molecule has 1 aromatic carbocycles. The number of carbonyl (C=O) groups excluding carboxylic acids is 2. The van der Waals surface area contributed by atoms with E-state index in [1.54, 1.807) is 18.2 Å². The van der Waals surface area contributed by atoms with Crippen molar-refractivity contribution in [1.82, 2.24) is 10.1 Å². The molecule has 1 aliphatic heterocycles. The fourth-order valence-electron chi connectivity index (χ4n) is 2.61. The van der Waals surface area contributed by atoms with E-state index in [4.69, 9.17) is 18.7 Å². The monoisotopic (exact) mass is 400 g/mol. The molecule has 0 aliphatic carbocycles. The first-order valence-corrected chi connectivity index (χ1v) is 9.57. The third kappa shape index (κ3) is 4.20. The number of aromatic nitrogens is 2. The summed E-state index contributed by atoms with van der Waals surface area (Å²) >= 11 is 1.52. The minimum atomic E-state index is -0.513. The fraction of sp³-hybridized carbons (Fsp3) is 0.263. The Labute approximate surface area is 164 Å². The number of benzene rings is 1. The van der Waals surface area contributed by atoms with Crippen LogP contribution in [0.4, 0.5) is 0 Å². The van der Waals surface area contributed by atoms with Crippen LogP contribution in [0.15, 0.2) is 39.5 Å². The number of nitrogens with zero attached hydrogens (tertiary/aromatic N) is 2. The molecule has 28 heavy (non-hydrogen) atoms. The summed E-state index contributed by atoms with van der Waals surface area (Å²) in [6, 6.07) is 6.85. The number of fused-ring (bicyclic) bond motifs is 1. The smallest absolute Gasteiger partial charge is 0.306 e. The van der Waals surface area contributed by atoms with Crippen LogP contribution in [-0.4, -0.2) is 35.1 Å². The molecule has 0 bridgehead atoms. The molecule has 0 fully saturated rings. The SMILES string of the molecule is O=C(CCC(=O)c1ccc2c(c1)OCCO2)OCc1nc(-c2ccsc2)no1. The van der Waals surface area contributed by atoms with Crippen LogP contribution in [0.25, 0.3) is 11.4 Å². The van der Waals surface area contributed by atoms with E-state index in [9.17, 15) is 9.59 Å². The van der Waals surface area contributed by atoms with Crippen LogP contribution in [0.2, 0.25) is 0 Å². The highest BCUT2D eigenvalue weighted by Crippen LogP contribution is 2.31. The minimum Gasteiger partial charge on any atom is -0.486 e. The third-order valence-corrected chi connectivity index (χ3v) is 4.71. The average molecular weight is 400 g/mol. The molecule has 1 aliphatic rings. The van der Waals surface area contributed by atoms with E-state index in [0.29, 0.717) is 36.1 Å². The van der Waals surface area contributed by atoms with Crippen LogP contribution in [0.3, 0.4) is 0 Å². The zero-order chi connectivity index (χ0) is 19.3. The summed E-state index contributed by atoms with van der Waals surface area (Å²) in [6.07, 6.45) is -0.0126. The molecule has 0 radical (unpaired) electrons. The molecule has 0 N–H and O–H groups in total. The predicted molar refractivity (Wildman–Crippen MR) is 98.4 cm³/mol. The van der Waals surface area contributed by atoms with Crippen molar-refractivity contribution in [3.05, 3.63) is 46.5 Å². The zero-order valence-corrected chi connectivity index (χ0v) is 15.6. The Balaban J connectivity index is 1.26. The quantitative estimate of drug-likeness (QED) is 0.440. The number of ether oxygens (including phenoxy) is 3. The van der Waals surface area contributed by atoms with Crippen LogP contribution in [0.5, 0.6) is 11.5 Å². The summed E-state index contributed by atoms with van der Waals surface area (Å²) < 4.78 is 21.1. The van der Waals surface area contributed by atoms with E-state index >= 15 is 0 Å². The topological polar surface area (TPSA) is 101 Å². The largest absolute Gasteiger partial charge is 0.486 e. The van der Waals surface area contributed by atoms with Gasteiger partial charge in [-0.15, -0.1) is 0 Å². The standard InChI is InChI=1S/C19H16N2O6S/c22-14(12-1-3-15-16(9-12)25-7-6-24-15)2-4-18(23)26-10-17-20-19(21-27-17)13-5-8-28-11-13/h1,3,5,8-9,11H,2,4,6-7,10H2. The molecule has 0 unspecified atom stereocenters. The normalized spacial score (nSPS) is 12.6. The molecule has 8 nitrogen and oxygen atoms in total. The van der Waals surface area contributed by atoms with Gasteiger partial charge in [0, 0.05) is 22.9 Å². The van der Waals surface area contributed by atoms with Crippen molar-refractivity contribution < 1.29 is 28.3 Å². The van der Waals surface area contributed by atoms with Gasteiger partial charge in [-0.2, -0.15) is 16.3 Å². The summed E-state index contributed by atoms with van der Waals surface area (Å²) in [5.74, 6) is 1.11. The van der Waals surface area contributed by atoms with Crippen molar-refractivity contribution in [3.8, 4) is 22.9 Å². The highest BCUT2D eigenvalue weighted by molar-refractivity contribution is 7.08. The van der Waals surface area contributed by atoms with Crippen molar-refractivity contribution in [2.45, 2.75) is 19.4 Å². The second-order valence-electron chi connectivity index (χ2n) is 5.97. The first-order chi connectivity index (χ1) is 13.7. The van der Waals surface area contributed by atoms with Gasteiger partial charge >= 0.3 is 5.97 Å². The van der Waals surface area contributed by atoms with Crippen molar-refractivity contribution in [2.24, 2.45) is 0 Å². The molecular formula is C19H16N2O6S. The minimum absolute atomic E-state index is 0.0302. The molecular weight excluding hydrogens is 384 g/mol. The predicted octanol–water partition coefficient (Wildman–Crippen LogP) is 3.28. The Kier molecular flexibility index (Phi) is 5.34. The highest BCUT2D eigenvalue weighted by atomic mass is 32.1. The van der Waals surface area contributed by atoms with Gasteiger partial charge in [0.05, 0.1) is 6.42 Å². The second kappa shape index (κ2) is 8.22. The molecule has 3 heterocycles. The van der Waals surface area contributed by atoms with E-state index in [2.05, 4.69) is 10.1 Å². The van der Waals surface area contributed by atoms with Crippen molar-refractivity contribution in [1.29, 1.82) is 0 Å². The van der Waals surface area contributed by atoms with Crippen LogP contribution >= 0.6 is 11.3 Å². The molecule has 9 heteroatoms. The lowest BCUT2D eigenvalue weighted by Gasteiger charge is -2.18. The molecule has 0 atom stereocenters. The Morgan fingerprint density at radius 1 is 1.11 bits per heavy atom. The molecule has 0 amide bonds. The van der Waals surface area contributed by atoms with E-state index in [1.165, 1.54) is 11.3 Å². The van der Waals surface area contributed by atoms with Gasteiger partial charge < -0.3 is 18.7 Å². The lowest BCUT2D eigenvalue weighted by Crippen LogP contribution is -2.16. The summed E-state index contributed by atoms with van der Waals surface area (Å²) in [4.78, 5) is 28.4. The Bertz CT molecular complexity index is 982. The zero-order valence-electron chi connectivity index (χ0n) is 14.8. The van der Waals surface area contributed by atoms with Crippen LogP contribution in [-0.2, 0) is 16.1 Å². The van der Waals surface area contributed by atoms with E-state index < -0.39 is 5.97 Å². The number of hydrogen-bond acceptors (Lipinski definition) is 9. The maximum absolute atomic E-state index is 12.3. The third-order valence-electron chi connectivity index (χ3n) is 4.02. The Morgan fingerprint density at radius 2 is 1.96 bits per heavy atom. The number of Topliss-reactive ketones (excluding diaryl/α,β-unsaturated/α-hetero) is 1. The number of ketones is 1. The first-order valence-electron chi connectivity index (χ1n) is 8.62. The molecule has 144 valence electrons. The maximum Gasteiger partial charge on any atom is 0.306 e. The summed E-state index contributed by atoms with van der Waals surface area (Å²) in [5.41, 5.74) is 1.31. The molecule has 0 saturated carbocycles. The first kappa shape index (κ1) is 18.2. The summed E-state index contributed by atoms with van der Waals surface area (Å²) in [5, 5.41) is 7.64. The van der Waals surface area contributed by atoms with E-state index in [1.807, 2.05) is 16.8 Å². The Morgan fingerprint density at radius 3 is 2.79 bits per heavy atom. The van der Waals surface area contributed by atoms with Crippen LogP contribution in [0, 0.1) is 0 Å². The van der Waals surface area contributed by atoms with Gasteiger partial charge in [-0.3, -0.25) is 9.59 Å². The van der Waals surface area contributed by atoms with Gasteiger partial charge in [0.1, 0.15) is 13.2 Å². The van der Waals surface area contributed by atoms with Gasteiger partial charge in [-0.05, 0) is 29.6 Å². The van der Waals surface area contributed by atoms with E-state index in [-0.39, 0.29) is 31.1 Å². The van der Waals surface area contributed by atoms with Gasteiger partial charge in [-0.1, -0.05) is 5.16 Å². The number of thiophene rings is 1. The van der Waals surface area contributed by atoms with Crippen molar-refractivity contribution >= 4 is 23.1 Å². The fourth-order valence-corrected chi connectivity index (χ4v) is 3.25. The van der Waals surface area contributed by atoms with Crippen molar-refractivity contribution in [3.63, 3.8) is 0 Å². The second-order valence-corrected chi connectivity index (χ2v) is 6.75.